The Morgan fingerprint density at radius 1 is 1.07 bits per heavy atom. The fourth-order valence-corrected chi connectivity index (χ4v) is 17.3. The minimum Gasteiger partial charge on any atom is -0.420 e. The first-order chi connectivity index (χ1) is 14.5. The fraction of sp³-hybridized carbons (Fsp3) is 0.667. The summed E-state index contributed by atoms with van der Waals surface area (Å²) in [6.45, 7) is 11.5. The molecule has 3 aliphatic rings. The lowest BCUT2D eigenvalue weighted by molar-refractivity contribution is 0.0215. The molecule has 0 saturated carbocycles. The highest BCUT2D eigenvalue weighted by Gasteiger charge is 2.52. The monoisotopic (exact) mass is 460 g/mol. The number of hydrogen-bond acceptors (Lipinski definition) is 3. The Morgan fingerprint density at radius 3 is 2.37 bits per heavy atom. The molecule has 3 heterocycles. The largest absolute Gasteiger partial charge is 0.420 e. The molecule has 0 spiro atoms. The van der Waals surface area contributed by atoms with Gasteiger partial charge in [-0.2, -0.15) is 0 Å². The van der Waals surface area contributed by atoms with Crippen molar-refractivity contribution in [2.75, 3.05) is 13.2 Å². The topological polar surface area (TPSA) is 27.7 Å². The summed E-state index contributed by atoms with van der Waals surface area (Å²) in [5.74, 6) is 0.579. The van der Waals surface area contributed by atoms with E-state index in [0.29, 0.717) is 5.92 Å². The zero-order valence-electron chi connectivity index (χ0n) is 19.0. The highest BCUT2D eigenvalue weighted by Crippen LogP contribution is 2.45. The van der Waals surface area contributed by atoms with Crippen molar-refractivity contribution in [3.05, 3.63) is 42.1 Å². The van der Waals surface area contributed by atoms with Crippen molar-refractivity contribution >= 4 is 31.6 Å². The van der Waals surface area contributed by atoms with Gasteiger partial charge in [0.25, 0.3) is 8.32 Å². The molecule has 0 amide bonds. The minimum absolute atomic E-state index is 0.0769. The molecule has 6 heteroatoms. The van der Waals surface area contributed by atoms with E-state index in [2.05, 4.69) is 44.2 Å². The summed E-state index contributed by atoms with van der Waals surface area (Å²) in [6.07, 6.45) is 6.40. The lowest BCUT2D eigenvalue weighted by Gasteiger charge is -2.51. The molecule has 0 N–H and O–H groups in total. The number of allylic oxidation sites excluding steroid dienone is 1. The van der Waals surface area contributed by atoms with Crippen LogP contribution in [-0.4, -0.2) is 45.2 Å². The molecule has 3 nitrogen and oxygen atoms in total. The first kappa shape index (κ1) is 22.7. The predicted octanol–water partition coefficient (Wildman–Crippen LogP) is 4.82. The second kappa shape index (κ2) is 9.96. The maximum absolute atomic E-state index is 7.43. The lowest BCUT2D eigenvalue weighted by atomic mass is 9.90. The molecule has 0 aromatic heterocycles. The summed E-state index contributed by atoms with van der Waals surface area (Å²) in [4.78, 5) is 0. The van der Waals surface area contributed by atoms with E-state index >= 15 is 0 Å². The smallest absolute Gasteiger partial charge is 0.251 e. The minimum atomic E-state index is -2.28. The summed E-state index contributed by atoms with van der Waals surface area (Å²) in [5, 5.41) is 2.82. The van der Waals surface area contributed by atoms with Gasteiger partial charge in [-0.05, 0) is 67.5 Å². The van der Waals surface area contributed by atoms with Crippen LogP contribution in [0.4, 0.5) is 0 Å². The molecule has 0 aliphatic carbocycles. The molecular formula is C24H40O3Si3. The average Bonchev–Trinajstić information content (AvgIpc) is 2.78. The van der Waals surface area contributed by atoms with Crippen LogP contribution in [0.2, 0.25) is 30.2 Å². The lowest BCUT2D eigenvalue weighted by Crippen LogP contribution is -2.63. The highest BCUT2D eigenvalue weighted by molar-refractivity contribution is 6.93. The van der Waals surface area contributed by atoms with Crippen LogP contribution < -0.4 is 5.19 Å². The van der Waals surface area contributed by atoms with E-state index in [9.17, 15) is 0 Å². The Morgan fingerprint density at radius 2 is 1.73 bits per heavy atom. The molecule has 166 valence electrons. The van der Waals surface area contributed by atoms with Crippen molar-refractivity contribution in [1.82, 2.24) is 0 Å². The Balaban J connectivity index is 1.60. The molecule has 3 aliphatic heterocycles. The van der Waals surface area contributed by atoms with E-state index in [1.807, 2.05) is 0 Å². The SMILES string of the molecule is C=C(C[SiH]1CCCCO1)[Si]1(c2ccccc2)CCC(C)C(C)(C[SiH]2CCCCO2)O1. The maximum atomic E-state index is 7.43. The fourth-order valence-electron chi connectivity index (χ4n) is 5.71. The normalized spacial score (nSPS) is 37.6. The third kappa shape index (κ3) is 4.94. The van der Waals surface area contributed by atoms with Crippen molar-refractivity contribution in [2.45, 2.75) is 81.8 Å². The average molecular weight is 461 g/mol. The van der Waals surface area contributed by atoms with Crippen LogP contribution in [0.3, 0.4) is 0 Å². The molecule has 3 saturated heterocycles. The molecular weight excluding hydrogens is 421 g/mol. The number of hydrogen-bond donors (Lipinski definition) is 0. The molecule has 0 radical (unpaired) electrons. The Kier molecular flexibility index (Phi) is 7.53. The summed E-state index contributed by atoms with van der Waals surface area (Å²) >= 11 is 0. The van der Waals surface area contributed by atoms with Crippen molar-refractivity contribution in [3.63, 3.8) is 0 Å². The van der Waals surface area contributed by atoms with Crippen LogP contribution in [0.1, 0.15) is 46.0 Å². The standard InChI is InChI=1S/C24H40O3Si3/c1-21-13-18-30(23-11-5-4-6-12-23,22(2)19-28-16-9-7-14-25-28)27-24(21,3)20-29-17-10-8-15-26-29/h4-6,11-12,21,28-29H,2,7-10,13-20H2,1,3H3. The van der Waals surface area contributed by atoms with Crippen LogP contribution in [0.25, 0.3) is 0 Å². The van der Waals surface area contributed by atoms with Gasteiger partial charge < -0.3 is 13.3 Å². The van der Waals surface area contributed by atoms with Crippen molar-refractivity contribution in [3.8, 4) is 0 Å². The highest BCUT2D eigenvalue weighted by atomic mass is 28.4. The van der Waals surface area contributed by atoms with E-state index < -0.39 is 26.4 Å². The molecule has 4 rings (SSSR count). The van der Waals surface area contributed by atoms with Crippen molar-refractivity contribution < 1.29 is 13.3 Å². The molecule has 0 bridgehead atoms. The second-order valence-electron chi connectivity index (χ2n) is 10.0. The first-order valence-electron chi connectivity index (χ1n) is 12.2. The zero-order valence-corrected chi connectivity index (χ0v) is 22.3. The third-order valence-electron chi connectivity index (χ3n) is 7.85. The molecule has 30 heavy (non-hydrogen) atoms. The Bertz CT molecular complexity index is 703. The second-order valence-corrected chi connectivity index (χ2v) is 18.8. The van der Waals surface area contributed by atoms with Crippen LogP contribution in [0.5, 0.6) is 0 Å². The van der Waals surface area contributed by atoms with Gasteiger partial charge in [-0.15, -0.1) is 6.58 Å². The summed E-state index contributed by atoms with van der Waals surface area (Å²) in [7, 11) is -4.63. The van der Waals surface area contributed by atoms with Gasteiger partial charge in [0.05, 0.1) is 5.60 Å². The van der Waals surface area contributed by atoms with Crippen molar-refractivity contribution in [1.29, 1.82) is 0 Å². The predicted molar refractivity (Wildman–Crippen MR) is 133 cm³/mol. The van der Waals surface area contributed by atoms with Gasteiger partial charge in [0.1, 0.15) is 0 Å². The van der Waals surface area contributed by atoms with Gasteiger partial charge in [-0.25, -0.2) is 0 Å². The van der Waals surface area contributed by atoms with E-state index in [0.717, 1.165) is 25.3 Å². The van der Waals surface area contributed by atoms with Crippen molar-refractivity contribution in [2.24, 2.45) is 5.92 Å². The van der Waals surface area contributed by atoms with Crippen LogP contribution >= 0.6 is 0 Å². The van der Waals surface area contributed by atoms with E-state index in [-0.39, 0.29) is 5.60 Å². The van der Waals surface area contributed by atoms with Gasteiger partial charge in [-0.3, -0.25) is 0 Å². The van der Waals surface area contributed by atoms with Gasteiger partial charge in [0.15, 0.2) is 18.1 Å². The van der Waals surface area contributed by atoms with Gasteiger partial charge in [0, 0.05) is 13.2 Å². The van der Waals surface area contributed by atoms with Gasteiger partial charge >= 0.3 is 0 Å². The Labute approximate surface area is 187 Å². The summed E-state index contributed by atoms with van der Waals surface area (Å²) in [6, 6.07) is 17.2. The van der Waals surface area contributed by atoms with Crippen LogP contribution in [0, 0.1) is 5.92 Å². The van der Waals surface area contributed by atoms with Gasteiger partial charge in [-0.1, -0.05) is 55.3 Å². The number of benzene rings is 1. The molecule has 1 aromatic carbocycles. The van der Waals surface area contributed by atoms with Gasteiger partial charge in [0.2, 0.25) is 0 Å². The molecule has 1 aromatic rings. The van der Waals surface area contributed by atoms with E-state index in [1.165, 1.54) is 60.6 Å². The molecule has 3 fully saturated rings. The maximum Gasteiger partial charge on any atom is 0.251 e. The quantitative estimate of drug-likeness (QED) is 0.570. The van der Waals surface area contributed by atoms with Crippen LogP contribution in [-0.2, 0) is 13.3 Å². The first-order valence-corrected chi connectivity index (χ1v) is 18.5. The summed E-state index contributed by atoms with van der Waals surface area (Å²) < 4.78 is 20.0. The van der Waals surface area contributed by atoms with E-state index in [4.69, 9.17) is 19.9 Å². The summed E-state index contributed by atoms with van der Waals surface area (Å²) in [5.41, 5.74) is -0.0769. The van der Waals surface area contributed by atoms with E-state index in [1.54, 1.807) is 0 Å². The molecule has 5 unspecified atom stereocenters. The van der Waals surface area contributed by atoms with Crippen LogP contribution in [0.15, 0.2) is 42.1 Å². The Hall–Kier alpha value is -0.509. The third-order valence-corrected chi connectivity index (χ3v) is 18.4. The molecule has 5 atom stereocenters. The number of rotatable bonds is 6. The zero-order chi connectivity index (χ0) is 21.0.